The number of ether oxygens (including phenoxy) is 3. The molecule has 1 fully saturated rings. The summed E-state index contributed by atoms with van der Waals surface area (Å²) in [6.45, 7) is 9.04. The highest BCUT2D eigenvalue weighted by Crippen LogP contribution is 2.35. The average Bonchev–Trinajstić information content (AvgIpc) is 3.86. The van der Waals surface area contributed by atoms with Crippen molar-refractivity contribution in [2.75, 3.05) is 55.4 Å². The number of aromatic amines is 1. The Morgan fingerprint density at radius 1 is 0.929 bits per heavy atom. The molecule has 1 aliphatic heterocycles. The largest absolute Gasteiger partial charge is 0.492 e. The number of aryl methyl sites for hydroxylation is 2. The number of benzene rings is 4. The zero-order chi connectivity index (χ0) is 38.3. The van der Waals surface area contributed by atoms with Crippen molar-refractivity contribution in [3.8, 4) is 22.9 Å². The molecule has 1 saturated heterocycles. The van der Waals surface area contributed by atoms with Crippen LogP contribution in [0.25, 0.3) is 27.4 Å². The van der Waals surface area contributed by atoms with Crippen molar-refractivity contribution >= 4 is 50.7 Å². The summed E-state index contributed by atoms with van der Waals surface area (Å²) < 4.78 is 19.7. The highest BCUT2D eigenvalue weighted by atomic mass is 16.5. The lowest BCUT2D eigenvalue weighted by molar-refractivity contribution is 0.0322. The molecule has 286 valence electrons. The molecule has 56 heavy (non-hydrogen) atoms. The van der Waals surface area contributed by atoms with Crippen LogP contribution in [0.2, 0.25) is 0 Å². The van der Waals surface area contributed by atoms with Gasteiger partial charge in [0.1, 0.15) is 35.5 Å². The van der Waals surface area contributed by atoms with E-state index in [4.69, 9.17) is 19.3 Å². The summed E-state index contributed by atoms with van der Waals surface area (Å²) in [6.07, 6.45) is 6.36. The SMILES string of the molecule is CCCCc1cc(NC(=O)Nc2ccc(Oc3ccnc(Nc4cc(C)c5[nH]ncc5c4)c3)c3ccccc23)n(-c2ccc(OCCN3CCOCC3)cc2)n1. The third-order valence-electron chi connectivity index (χ3n) is 9.76. The first-order chi connectivity index (χ1) is 27.5. The Morgan fingerprint density at radius 2 is 1.77 bits per heavy atom. The summed E-state index contributed by atoms with van der Waals surface area (Å²) in [7, 11) is 0. The van der Waals surface area contributed by atoms with Crippen LogP contribution in [0.1, 0.15) is 31.0 Å². The fourth-order valence-corrected chi connectivity index (χ4v) is 6.86. The lowest BCUT2D eigenvalue weighted by Gasteiger charge is -2.26. The standard InChI is InChI=1S/C43H45N9O4/c1-3-4-7-31-26-41(52(50-31)33-10-12-34(13-11-33)55-23-20-51-18-21-54-22-19-51)48-43(53)47-38-14-15-39(37-9-6-5-8-36(37)38)56-35-16-17-44-40(27-35)46-32-24-29(2)42-30(25-32)28-45-49-42/h5-6,8-17,24-28H,3-4,7,18-23H2,1-2H3,(H,44,46)(H,45,49)(H2,47,48,53). The van der Waals surface area contributed by atoms with Crippen LogP contribution in [-0.2, 0) is 11.2 Å². The number of nitrogens with zero attached hydrogens (tertiary/aromatic N) is 5. The van der Waals surface area contributed by atoms with Gasteiger partial charge < -0.3 is 24.8 Å². The van der Waals surface area contributed by atoms with E-state index < -0.39 is 0 Å². The Hall–Kier alpha value is -6.44. The molecular weight excluding hydrogens is 707 g/mol. The number of carbonyl (C=O) groups is 1. The van der Waals surface area contributed by atoms with Crippen molar-refractivity contribution in [3.63, 3.8) is 0 Å². The van der Waals surface area contributed by atoms with Crippen LogP contribution in [-0.4, -0.2) is 75.3 Å². The number of urea groups is 1. The summed E-state index contributed by atoms with van der Waals surface area (Å²) in [5, 5.41) is 24.2. The third-order valence-corrected chi connectivity index (χ3v) is 9.76. The molecule has 7 aromatic rings. The number of hydrogen-bond acceptors (Lipinski definition) is 9. The van der Waals surface area contributed by atoms with Gasteiger partial charge in [-0.05, 0) is 79.9 Å². The first-order valence-corrected chi connectivity index (χ1v) is 19.1. The third kappa shape index (κ3) is 8.59. The first-order valence-electron chi connectivity index (χ1n) is 19.1. The van der Waals surface area contributed by atoms with Crippen LogP contribution in [0, 0.1) is 6.92 Å². The van der Waals surface area contributed by atoms with Crippen LogP contribution < -0.4 is 25.4 Å². The Morgan fingerprint density at radius 3 is 2.61 bits per heavy atom. The number of aromatic nitrogens is 5. The van der Waals surface area contributed by atoms with Gasteiger partial charge in [-0.2, -0.15) is 10.2 Å². The predicted octanol–water partition coefficient (Wildman–Crippen LogP) is 8.84. The quantitative estimate of drug-likeness (QED) is 0.0857. The maximum atomic E-state index is 13.6. The first kappa shape index (κ1) is 36.5. The Bertz CT molecular complexity index is 2440. The summed E-state index contributed by atoms with van der Waals surface area (Å²) in [5.41, 5.74) is 5.36. The summed E-state index contributed by atoms with van der Waals surface area (Å²) in [5.74, 6) is 3.26. The van der Waals surface area contributed by atoms with E-state index in [1.807, 2.05) is 97.9 Å². The zero-order valence-electron chi connectivity index (χ0n) is 31.5. The zero-order valence-corrected chi connectivity index (χ0v) is 31.5. The highest BCUT2D eigenvalue weighted by Gasteiger charge is 2.16. The summed E-state index contributed by atoms with van der Waals surface area (Å²) in [4.78, 5) is 20.5. The molecule has 0 aliphatic carbocycles. The number of anilines is 4. The minimum atomic E-state index is -0.385. The number of carbonyl (C=O) groups excluding carboxylic acids is 1. The number of amides is 2. The molecule has 2 amide bonds. The van der Waals surface area contributed by atoms with E-state index in [1.165, 1.54) is 0 Å². The van der Waals surface area contributed by atoms with Gasteiger partial charge in [-0.1, -0.05) is 37.6 Å². The van der Waals surface area contributed by atoms with E-state index in [9.17, 15) is 4.79 Å². The minimum absolute atomic E-state index is 0.385. The molecule has 0 bridgehead atoms. The number of fused-ring (bicyclic) bond motifs is 2. The molecule has 4 heterocycles. The van der Waals surface area contributed by atoms with E-state index in [2.05, 4.69) is 43.0 Å². The van der Waals surface area contributed by atoms with Crippen molar-refractivity contribution in [2.24, 2.45) is 0 Å². The van der Waals surface area contributed by atoms with Crippen LogP contribution >= 0.6 is 0 Å². The molecule has 0 spiro atoms. The molecule has 0 unspecified atom stereocenters. The van der Waals surface area contributed by atoms with Crippen LogP contribution in [0.4, 0.5) is 27.8 Å². The van der Waals surface area contributed by atoms with Gasteiger partial charge in [0.05, 0.1) is 42.0 Å². The lowest BCUT2D eigenvalue weighted by atomic mass is 10.1. The number of hydrogen-bond donors (Lipinski definition) is 4. The molecule has 13 nitrogen and oxygen atoms in total. The van der Waals surface area contributed by atoms with Crippen molar-refractivity contribution in [1.82, 2.24) is 29.9 Å². The second kappa shape index (κ2) is 16.9. The van der Waals surface area contributed by atoms with Crippen molar-refractivity contribution in [2.45, 2.75) is 33.1 Å². The fraction of sp³-hybridized carbons (Fsp3) is 0.256. The predicted molar refractivity (Wildman–Crippen MR) is 220 cm³/mol. The Labute approximate surface area is 325 Å². The van der Waals surface area contributed by atoms with Crippen molar-refractivity contribution < 1.29 is 19.0 Å². The van der Waals surface area contributed by atoms with Crippen LogP contribution in [0.3, 0.4) is 0 Å². The molecule has 0 atom stereocenters. The molecule has 4 aromatic carbocycles. The molecule has 4 N–H and O–H groups in total. The van der Waals surface area contributed by atoms with Gasteiger partial charge in [0, 0.05) is 59.8 Å². The number of H-pyrrole nitrogens is 1. The van der Waals surface area contributed by atoms with Gasteiger partial charge in [-0.15, -0.1) is 0 Å². The van der Waals surface area contributed by atoms with Gasteiger partial charge in [-0.3, -0.25) is 15.3 Å². The number of morpholine rings is 1. The molecule has 1 aliphatic rings. The number of nitrogens with one attached hydrogen (secondary N) is 4. The number of rotatable bonds is 14. The van der Waals surface area contributed by atoms with E-state index >= 15 is 0 Å². The summed E-state index contributed by atoms with van der Waals surface area (Å²) in [6, 6.07) is 28.6. The fourth-order valence-electron chi connectivity index (χ4n) is 6.86. The van der Waals surface area contributed by atoms with Gasteiger partial charge in [0.25, 0.3) is 0 Å². The summed E-state index contributed by atoms with van der Waals surface area (Å²) >= 11 is 0. The van der Waals surface area contributed by atoms with Gasteiger partial charge in [-0.25, -0.2) is 14.5 Å². The van der Waals surface area contributed by atoms with E-state index in [-0.39, 0.29) is 6.03 Å². The minimum Gasteiger partial charge on any atom is -0.492 e. The average molecular weight is 752 g/mol. The topological polar surface area (TPSA) is 143 Å². The molecular formula is C43H45N9O4. The van der Waals surface area contributed by atoms with Crippen molar-refractivity contribution in [3.05, 3.63) is 115 Å². The van der Waals surface area contributed by atoms with E-state index in [1.54, 1.807) is 17.1 Å². The number of pyridine rings is 1. The maximum Gasteiger partial charge on any atom is 0.324 e. The van der Waals surface area contributed by atoms with Gasteiger partial charge in [0.15, 0.2) is 0 Å². The smallest absolute Gasteiger partial charge is 0.324 e. The molecule has 3 aromatic heterocycles. The van der Waals surface area contributed by atoms with E-state index in [0.717, 1.165) is 102 Å². The molecule has 13 heteroatoms. The monoisotopic (exact) mass is 751 g/mol. The van der Waals surface area contributed by atoms with Crippen LogP contribution in [0.5, 0.6) is 17.2 Å². The van der Waals surface area contributed by atoms with Crippen molar-refractivity contribution in [1.29, 1.82) is 0 Å². The Balaban J connectivity index is 0.955. The normalized spacial score (nSPS) is 13.2. The number of unbranched alkanes of at least 4 members (excludes halogenated alkanes) is 1. The van der Waals surface area contributed by atoms with E-state index in [0.29, 0.717) is 35.4 Å². The maximum absolute atomic E-state index is 13.6. The second-order valence-corrected chi connectivity index (χ2v) is 13.8. The van der Waals surface area contributed by atoms with Gasteiger partial charge >= 0.3 is 6.03 Å². The highest BCUT2D eigenvalue weighted by molar-refractivity contribution is 6.07. The molecule has 8 rings (SSSR count). The molecule has 0 saturated carbocycles. The molecule has 0 radical (unpaired) electrons. The van der Waals surface area contributed by atoms with Crippen LogP contribution in [0.15, 0.2) is 103 Å². The lowest BCUT2D eigenvalue weighted by Crippen LogP contribution is -2.38. The Kier molecular flexibility index (Phi) is 11.0. The van der Waals surface area contributed by atoms with Gasteiger partial charge in [0.2, 0.25) is 0 Å². The second-order valence-electron chi connectivity index (χ2n) is 13.8.